The fourth-order valence-electron chi connectivity index (χ4n) is 2.77. The Bertz CT molecular complexity index is 761. The standard InChI is InChI=1S/C20H24N2O3/c1-13-10-14(2)19(15(3)11-13)22-18(23)8-9-21-17-7-5-6-16(12-17)20(24)25-4/h5-7,10-12,21H,8-9H2,1-4H3,(H,22,23). The Hall–Kier alpha value is -2.82. The van der Waals surface area contributed by atoms with Gasteiger partial charge in [0.05, 0.1) is 12.7 Å². The molecule has 2 N–H and O–H groups in total. The average molecular weight is 340 g/mol. The second kappa shape index (κ2) is 8.33. The van der Waals surface area contributed by atoms with Gasteiger partial charge < -0.3 is 15.4 Å². The molecule has 0 unspecified atom stereocenters. The highest BCUT2D eigenvalue weighted by atomic mass is 16.5. The number of hydrogen-bond donors (Lipinski definition) is 2. The lowest BCUT2D eigenvalue weighted by Gasteiger charge is -2.13. The molecule has 0 radical (unpaired) electrons. The third-order valence-electron chi connectivity index (χ3n) is 3.91. The molecule has 0 heterocycles. The van der Waals surface area contributed by atoms with E-state index in [1.807, 2.05) is 26.8 Å². The quantitative estimate of drug-likeness (QED) is 0.784. The molecule has 2 aromatic carbocycles. The third kappa shape index (κ3) is 5.08. The van der Waals surface area contributed by atoms with Crippen LogP contribution >= 0.6 is 0 Å². The van der Waals surface area contributed by atoms with E-state index in [0.29, 0.717) is 18.5 Å². The highest BCUT2D eigenvalue weighted by Gasteiger charge is 2.09. The maximum absolute atomic E-state index is 12.2. The van der Waals surface area contributed by atoms with Gasteiger partial charge in [-0.05, 0) is 50.1 Å². The first-order valence-corrected chi connectivity index (χ1v) is 8.20. The number of hydrogen-bond acceptors (Lipinski definition) is 4. The van der Waals surface area contributed by atoms with E-state index >= 15 is 0 Å². The van der Waals surface area contributed by atoms with E-state index in [-0.39, 0.29) is 11.9 Å². The minimum absolute atomic E-state index is 0.0494. The van der Waals surface area contributed by atoms with Crippen molar-refractivity contribution in [1.82, 2.24) is 0 Å². The second-order valence-corrected chi connectivity index (χ2v) is 6.07. The average Bonchev–Trinajstić information content (AvgIpc) is 2.57. The lowest BCUT2D eigenvalue weighted by atomic mass is 10.1. The van der Waals surface area contributed by atoms with Crippen molar-refractivity contribution in [2.24, 2.45) is 0 Å². The number of anilines is 2. The largest absolute Gasteiger partial charge is 0.465 e. The first-order valence-electron chi connectivity index (χ1n) is 8.20. The Balaban J connectivity index is 1.90. The van der Waals surface area contributed by atoms with Crippen LogP contribution in [0.1, 0.15) is 33.5 Å². The fraction of sp³-hybridized carbons (Fsp3) is 0.300. The SMILES string of the molecule is COC(=O)c1cccc(NCCC(=O)Nc2c(C)cc(C)cc2C)c1. The molecule has 2 rings (SSSR count). The summed E-state index contributed by atoms with van der Waals surface area (Å²) < 4.78 is 4.70. The molecule has 0 bridgehead atoms. The van der Waals surface area contributed by atoms with Crippen molar-refractivity contribution >= 4 is 23.3 Å². The molecule has 0 aliphatic carbocycles. The van der Waals surface area contributed by atoms with Gasteiger partial charge in [0.25, 0.3) is 0 Å². The first kappa shape index (κ1) is 18.5. The molecular formula is C20H24N2O3. The summed E-state index contributed by atoms with van der Waals surface area (Å²) in [4.78, 5) is 23.7. The van der Waals surface area contributed by atoms with E-state index in [4.69, 9.17) is 4.74 Å². The maximum Gasteiger partial charge on any atom is 0.337 e. The van der Waals surface area contributed by atoms with Crippen LogP contribution in [0.15, 0.2) is 36.4 Å². The maximum atomic E-state index is 12.2. The number of benzene rings is 2. The predicted molar refractivity (Wildman–Crippen MR) is 100 cm³/mol. The van der Waals surface area contributed by atoms with Crippen molar-refractivity contribution < 1.29 is 14.3 Å². The van der Waals surface area contributed by atoms with Gasteiger partial charge in [0.2, 0.25) is 5.91 Å². The lowest BCUT2D eigenvalue weighted by molar-refractivity contribution is -0.116. The van der Waals surface area contributed by atoms with Crippen LogP contribution in [0, 0.1) is 20.8 Å². The van der Waals surface area contributed by atoms with Gasteiger partial charge in [-0.1, -0.05) is 23.8 Å². The summed E-state index contributed by atoms with van der Waals surface area (Å²) >= 11 is 0. The van der Waals surface area contributed by atoms with Crippen molar-refractivity contribution in [1.29, 1.82) is 0 Å². The molecule has 0 aliphatic heterocycles. The van der Waals surface area contributed by atoms with Crippen LogP contribution in [0.4, 0.5) is 11.4 Å². The number of nitrogens with one attached hydrogen (secondary N) is 2. The highest BCUT2D eigenvalue weighted by molar-refractivity contribution is 5.93. The molecule has 0 saturated carbocycles. The van der Waals surface area contributed by atoms with Crippen LogP contribution in [0.3, 0.4) is 0 Å². The van der Waals surface area contributed by atoms with Crippen molar-refractivity contribution in [2.45, 2.75) is 27.2 Å². The molecule has 1 amide bonds. The third-order valence-corrected chi connectivity index (χ3v) is 3.91. The molecule has 2 aromatic rings. The summed E-state index contributed by atoms with van der Waals surface area (Å²) in [7, 11) is 1.35. The Labute approximate surface area is 148 Å². The van der Waals surface area contributed by atoms with Crippen molar-refractivity contribution in [2.75, 3.05) is 24.3 Å². The van der Waals surface area contributed by atoms with E-state index in [2.05, 4.69) is 22.8 Å². The molecule has 0 aliphatic rings. The molecule has 25 heavy (non-hydrogen) atoms. The van der Waals surface area contributed by atoms with Crippen LogP contribution in [0.2, 0.25) is 0 Å². The number of carbonyl (C=O) groups is 2. The smallest absolute Gasteiger partial charge is 0.337 e. The van der Waals surface area contributed by atoms with Crippen molar-refractivity contribution in [3.63, 3.8) is 0 Å². The van der Waals surface area contributed by atoms with Gasteiger partial charge in [0.1, 0.15) is 0 Å². The van der Waals surface area contributed by atoms with Crippen molar-refractivity contribution in [3.8, 4) is 0 Å². The summed E-state index contributed by atoms with van der Waals surface area (Å²) in [5, 5.41) is 6.13. The minimum atomic E-state index is -0.383. The van der Waals surface area contributed by atoms with E-state index in [1.54, 1.807) is 18.2 Å². The number of rotatable bonds is 6. The molecule has 0 aromatic heterocycles. The summed E-state index contributed by atoms with van der Waals surface area (Å²) in [5.74, 6) is -0.432. The second-order valence-electron chi connectivity index (χ2n) is 6.07. The zero-order valence-corrected chi connectivity index (χ0v) is 15.1. The molecule has 0 spiro atoms. The van der Waals surface area contributed by atoms with Crippen LogP contribution < -0.4 is 10.6 Å². The number of carbonyl (C=O) groups excluding carboxylic acids is 2. The van der Waals surface area contributed by atoms with Crippen LogP contribution in [-0.2, 0) is 9.53 Å². The predicted octanol–water partition coefficient (Wildman–Crippen LogP) is 3.84. The monoisotopic (exact) mass is 340 g/mol. The highest BCUT2D eigenvalue weighted by Crippen LogP contribution is 2.22. The van der Waals surface area contributed by atoms with Gasteiger partial charge in [-0.15, -0.1) is 0 Å². The van der Waals surface area contributed by atoms with E-state index in [0.717, 1.165) is 22.5 Å². The van der Waals surface area contributed by atoms with E-state index in [1.165, 1.54) is 12.7 Å². The summed E-state index contributed by atoms with van der Waals surface area (Å²) in [6, 6.07) is 11.1. The molecule has 0 saturated heterocycles. The number of aryl methyl sites for hydroxylation is 3. The first-order chi connectivity index (χ1) is 11.9. The Kier molecular flexibility index (Phi) is 6.17. The fourth-order valence-corrected chi connectivity index (χ4v) is 2.77. The molecule has 132 valence electrons. The summed E-state index contributed by atoms with van der Waals surface area (Å²) in [6.45, 7) is 6.50. The Morgan fingerprint density at radius 1 is 1.04 bits per heavy atom. The normalized spacial score (nSPS) is 10.2. The Morgan fingerprint density at radius 3 is 2.36 bits per heavy atom. The number of ether oxygens (including phenoxy) is 1. The van der Waals surface area contributed by atoms with Gasteiger partial charge in [-0.3, -0.25) is 4.79 Å². The van der Waals surface area contributed by atoms with Gasteiger partial charge in [0, 0.05) is 24.3 Å². The number of methoxy groups -OCH3 is 1. The lowest BCUT2D eigenvalue weighted by Crippen LogP contribution is -2.17. The Morgan fingerprint density at radius 2 is 1.72 bits per heavy atom. The van der Waals surface area contributed by atoms with E-state index < -0.39 is 0 Å². The van der Waals surface area contributed by atoms with Crippen molar-refractivity contribution in [3.05, 3.63) is 58.7 Å². The number of esters is 1. The van der Waals surface area contributed by atoms with E-state index in [9.17, 15) is 9.59 Å². The molecule has 0 atom stereocenters. The summed E-state index contributed by atoms with van der Waals surface area (Å²) in [6.07, 6.45) is 0.329. The van der Waals surface area contributed by atoms with Crippen LogP contribution in [0.5, 0.6) is 0 Å². The van der Waals surface area contributed by atoms with Gasteiger partial charge in [0.15, 0.2) is 0 Å². The van der Waals surface area contributed by atoms with Crippen LogP contribution in [0.25, 0.3) is 0 Å². The van der Waals surface area contributed by atoms with Crippen LogP contribution in [-0.4, -0.2) is 25.5 Å². The molecule has 5 heteroatoms. The summed E-state index contributed by atoms with van der Waals surface area (Å²) in [5.41, 5.74) is 5.43. The molecular weight excluding hydrogens is 316 g/mol. The van der Waals surface area contributed by atoms with Gasteiger partial charge in [-0.2, -0.15) is 0 Å². The number of amides is 1. The van der Waals surface area contributed by atoms with Gasteiger partial charge in [-0.25, -0.2) is 4.79 Å². The topological polar surface area (TPSA) is 67.4 Å². The van der Waals surface area contributed by atoms with Gasteiger partial charge >= 0.3 is 5.97 Å². The molecule has 0 fully saturated rings. The zero-order chi connectivity index (χ0) is 18.4. The zero-order valence-electron chi connectivity index (χ0n) is 15.1. The minimum Gasteiger partial charge on any atom is -0.465 e. The molecule has 5 nitrogen and oxygen atoms in total.